The summed E-state index contributed by atoms with van der Waals surface area (Å²) in [5.41, 5.74) is 3.69. The van der Waals surface area contributed by atoms with Crippen LogP contribution >= 0.6 is 23.2 Å². The Morgan fingerprint density at radius 2 is 1.91 bits per heavy atom. The Morgan fingerprint density at radius 1 is 1.15 bits per heavy atom. The minimum atomic E-state index is -0.653. The standard InChI is InChI=1S/C26H22Cl2FN3O2/c27-21-8-7-17(22(28)15-21)13-18-5-6-19(25(18)32-9-11-34-12-10-32)14-20(16-30)26(33)31-24-4-2-1-3-23(24)29/h1-4,7-8,13-15H,5-6,9-12H2,(H,31,33)/b18-13-,20-14+. The van der Waals surface area contributed by atoms with Crippen molar-refractivity contribution in [1.82, 2.24) is 4.90 Å². The monoisotopic (exact) mass is 497 g/mol. The molecule has 0 saturated carbocycles. The fraction of sp³-hybridized carbons (Fsp3) is 0.231. The van der Waals surface area contributed by atoms with Crippen molar-refractivity contribution in [3.63, 3.8) is 0 Å². The molecule has 2 aliphatic rings. The second kappa shape index (κ2) is 10.9. The summed E-state index contributed by atoms with van der Waals surface area (Å²) in [6.45, 7) is 2.58. The molecule has 1 saturated heterocycles. The van der Waals surface area contributed by atoms with E-state index in [-0.39, 0.29) is 11.3 Å². The van der Waals surface area contributed by atoms with Crippen LogP contribution in [0.15, 0.2) is 71.0 Å². The van der Waals surface area contributed by atoms with Crippen molar-refractivity contribution in [3.05, 3.63) is 92.4 Å². The van der Waals surface area contributed by atoms with Crippen molar-refractivity contribution in [1.29, 1.82) is 5.26 Å². The van der Waals surface area contributed by atoms with Crippen molar-refractivity contribution in [2.75, 3.05) is 31.6 Å². The van der Waals surface area contributed by atoms with E-state index in [0.29, 0.717) is 42.8 Å². The predicted molar refractivity (Wildman–Crippen MR) is 132 cm³/mol. The Morgan fingerprint density at radius 3 is 2.62 bits per heavy atom. The molecule has 0 aromatic heterocycles. The van der Waals surface area contributed by atoms with Crippen LogP contribution in [0.2, 0.25) is 10.0 Å². The molecule has 4 rings (SSSR count). The quantitative estimate of drug-likeness (QED) is 0.407. The molecule has 0 bridgehead atoms. The lowest BCUT2D eigenvalue weighted by molar-refractivity contribution is -0.112. The number of carbonyl (C=O) groups excluding carboxylic acids is 1. The van der Waals surface area contributed by atoms with Gasteiger partial charge in [-0.2, -0.15) is 5.26 Å². The van der Waals surface area contributed by atoms with Crippen LogP contribution in [0.5, 0.6) is 0 Å². The number of nitrogens with zero attached hydrogens (tertiary/aromatic N) is 2. The summed E-state index contributed by atoms with van der Waals surface area (Å²) in [4.78, 5) is 15.0. The normalized spacial score (nSPS) is 17.8. The summed E-state index contributed by atoms with van der Waals surface area (Å²) in [5.74, 6) is -1.22. The van der Waals surface area contributed by atoms with E-state index in [1.165, 1.54) is 18.2 Å². The van der Waals surface area contributed by atoms with E-state index in [9.17, 15) is 14.4 Å². The Kier molecular flexibility index (Phi) is 7.69. The van der Waals surface area contributed by atoms with Crippen LogP contribution in [0.4, 0.5) is 10.1 Å². The number of rotatable bonds is 5. The van der Waals surface area contributed by atoms with Crippen molar-refractivity contribution in [2.45, 2.75) is 12.8 Å². The van der Waals surface area contributed by atoms with E-state index in [0.717, 1.165) is 28.8 Å². The molecule has 34 heavy (non-hydrogen) atoms. The number of anilines is 1. The molecule has 2 aromatic carbocycles. The topological polar surface area (TPSA) is 65.4 Å². The van der Waals surface area contributed by atoms with Gasteiger partial charge in [-0.3, -0.25) is 4.79 Å². The first-order valence-corrected chi connectivity index (χ1v) is 11.6. The van der Waals surface area contributed by atoms with Crippen molar-refractivity contribution in [3.8, 4) is 6.07 Å². The first-order valence-electron chi connectivity index (χ1n) is 10.9. The zero-order valence-electron chi connectivity index (χ0n) is 18.3. The first-order chi connectivity index (χ1) is 16.5. The maximum atomic E-state index is 14.0. The molecular weight excluding hydrogens is 476 g/mol. The first kappa shape index (κ1) is 24.0. The van der Waals surface area contributed by atoms with E-state index in [1.54, 1.807) is 24.3 Å². The molecule has 1 heterocycles. The maximum absolute atomic E-state index is 14.0. The summed E-state index contributed by atoms with van der Waals surface area (Å²) in [5, 5.41) is 13.3. The Labute approximate surface area is 207 Å². The Balaban J connectivity index is 1.71. The molecule has 8 heteroatoms. The van der Waals surface area contributed by atoms with Crippen LogP contribution in [0.1, 0.15) is 18.4 Å². The predicted octanol–water partition coefficient (Wildman–Crippen LogP) is 5.98. The molecule has 0 spiro atoms. The van der Waals surface area contributed by atoms with Gasteiger partial charge in [0.25, 0.3) is 5.91 Å². The third kappa shape index (κ3) is 5.51. The van der Waals surface area contributed by atoms with Crippen LogP contribution in [-0.4, -0.2) is 37.1 Å². The number of nitrogens with one attached hydrogen (secondary N) is 1. The van der Waals surface area contributed by atoms with Crippen molar-refractivity contribution < 1.29 is 13.9 Å². The molecule has 1 N–H and O–H groups in total. The van der Waals surface area contributed by atoms with E-state index >= 15 is 0 Å². The smallest absolute Gasteiger partial charge is 0.266 e. The molecule has 174 valence electrons. The summed E-state index contributed by atoms with van der Waals surface area (Å²) >= 11 is 12.4. The summed E-state index contributed by atoms with van der Waals surface area (Å²) in [7, 11) is 0. The van der Waals surface area contributed by atoms with Crippen molar-refractivity contribution in [2.24, 2.45) is 0 Å². The van der Waals surface area contributed by atoms with Gasteiger partial charge in [-0.1, -0.05) is 41.4 Å². The van der Waals surface area contributed by atoms with E-state index in [2.05, 4.69) is 10.2 Å². The van der Waals surface area contributed by atoms with E-state index < -0.39 is 11.7 Å². The van der Waals surface area contributed by atoms with E-state index in [4.69, 9.17) is 27.9 Å². The number of amides is 1. The average molecular weight is 498 g/mol. The lowest BCUT2D eigenvalue weighted by Crippen LogP contribution is -2.36. The van der Waals surface area contributed by atoms with Crippen molar-refractivity contribution >= 4 is 40.9 Å². The van der Waals surface area contributed by atoms with Gasteiger partial charge in [-0.25, -0.2) is 4.39 Å². The van der Waals surface area contributed by atoms with Crippen LogP contribution in [-0.2, 0) is 9.53 Å². The molecule has 1 aliphatic carbocycles. The number of allylic oxidation sites excluding steroid dienone is 3. The molecule has 1 aliphatic heterocycles. The Hall–Kier alpha value is -3.11. The summed E-state index contributed by atoms with van der Waals surface area (Å²) < 4.78 is 19.5. The zero-order chi connectivity index (χ0) is 24.1. The molecule has 2 aromatic rings. The van der Waals surface area contributed by atoms with Gasteiger partial charge in [-0.15, -0.1) is 0 Å². The van der Waals surface area contributed by atoms with Gasteiger partial charge in [0.2, 0.25) is 0 Å². The number of ether oxygens (including phenoxy) is 1. The van der Waals surface area contributed by atoms with Gasteiger partial charge in [0.15, 0.2) is 0 Å². The lowest BCUT2D eigenvalue weighted by atomic mass is 10.1. The number of benzene rings is 2. The Bertz CT molecular complexity index is 1240. The van der Waals surface area contributed by atoms with Crippen LogP contribution in [0, 0.1) is 17.1 Å². The lowest BCUT2D eigenvalue weighted by Gasteiger charge is -2.31. The van der Waals surface area contributed by atoms with E-state index in [1.807, 2.05) is 18.2 Å². The fourth-order valence-corrected chi connectivity index (χ4v) is 4.53. The van der Waals surface area contributed by atoms with Crippen LogP contribution < -0.4 is 5.32 Å². The number of para-hydroxylation sites is 1. The number of carbonyl (C=O) groups is 1. The van der Waals surface area contributed by atoms with Gasteiger partial charge in [0.1, 0.15) is 17.5 Å². The van der Waals surface area contributed by atoms with Crippen LogP contribution in [0.25, 0.3) is 6.08 Å². The summed E-state index contributed by atoms with van der Waals surface area (Å²) in [6.07, 6.45) is 5.01. The SMILES string of the molecule is N#C/C(=C\C1=C(N2CCOCC2)C(=C\c2ccc(Cl)cc2Cl)/CC1)C(=O)Nc1ccccc1F. The third-order valence-corrected chi connectivity index (χ3v) is 6.26. The minimum absolute atomic E-state index is 0.0282. The molecule has 1 fully saturated rings. The number of halogens is 3. The van der Waals surface area contributed by atoms with Crippen LogP contribution in [0.3, 0.4) is 0 Å². The zero-order valence-corrected chi connectivity index (χ0v) is 19.8. The summed E-state index contributed by atoms with van der Waals surface area (Å²) in [6, 6.07) is 13.2. The highest BCUT2D eigenvalue weighted by molar-refractivity contribution is 6.35. The van der Waals surface area contributed by atoms with Gasteiger partial charge >= 0.3 is 0 Å². The van der Waals surface area contributed by atoms with Gasteiger partial charge < -0.3 is 15.0 Å². The average Bonchev–Trinajstić information content (AvgIpc) is 3.23. The third-order valence-electron chi connectivity index (χ3n) is 5.70. The highest BCUT2D eigenvalue weighted by Gasteiger charge is 2.26. The molecule has 1 amide bonds. The highest BCUT2D eigenvalue weighted by Crippen LogP contribution is 2.38. The number of morpholine rings is 1. The molecule has 0 atom stereocenters. The van der Waals surface area contributed by atoms with Gasteiger partial charge in [0.05, 0.1) is 18.9 Å². The van der Waals surface area contributed by atoms with Gasteiger partial charge in [0, 0.05) is 28.8 Å². The molecule has 5 nitrogen and oxygen atoms in total. The largest absolute Gasteiger partial charge is 0.378 e. The number of nitriles is 1. The highest BCUT2D eigenvalue weighted by atomic mass is 35.5. The van der Waals surface area contributed by atoms with Gasteiger partial charge in [-0.05, 0) is 66.0 Å². The maximum Gasteiger partial charge on any atom is 0.266 e. The second-order valence-corrected chi connectivity index (χ2v) is 8.76. The second-order valence-electron chi connectivity index (χ2n) is 7.91. The molecule has 0 unspecified atom stereocenters. The fourth-order valence-electron chi connectivity index (χ4n) is 4.07. The molecular formula is C26H22Cl2FN3O2. The minimum Gasteiger partial charge on any atom is -0.378 e. The number of hydrogen-bond donors (Lipinski definition) is 1. The number of hydrogen-bond acceptors (Lipinski definition) is 4. The molecule has 0 radical (unpaired) electrons.